The van der Waals surface area contributed by atoms with Gasteiger partial charge in [0.25, 0.3) is 0 Å². The van der Waals surface area contributed by atoms with Crippen LogP contribution in [0.4, 0.5) is 5.69 Å². The second-order valence-corrected chi connectivity index (χ2v) is 5.41. The molecule has 0 saturated carbocycles. The fourth-order valence-corrected chi connectivity index (χ4v) is 2.31. The molecule has 6 heteroatoms. The van der Waals surface area contributed by atoms with E-state index in [1.54, 1.807) is 6.07 Å². The zero-order valence-electron chi connectivity index (χ0n) is 10.7. The van der Waals surface area contributed by atoms with E-state index in [0.29, 0.717) is 16.6 Å². The van der Waals surface area contributed by atoms with Crippen LogP contribution in [-0.2, 0) is 9.53 Å². The van der Waals surface area contributed by atoms with Gasteiger partial charge in [0.2, 0.25) is 0 Å². The fourth-order valence-electron chi connectivity index (χ4n) is 1.87. The van der Waals surface area contributed by atoms with E-state index in [9.17, 15) is 4.79 Å². The van der Waals surface area contributed by atoms with Crippen molar-refractivity contribution in [3.05, 3.63) is 28.8 Å². The van der Waals surface area contributed by atoms with Crippen LogP contribution in [0.2, 0.25) is 5.02 Å². The Balaban J connectivity index is 1.94. The third-order valence-electron chi connectivity index (χ3n) is 2.90. The lowest BCUT2D eigenvalue weighted by atomic mass is 10.2. The largest absolute Gasteiger partial charge is 0.461 e. The Hall–Kier alpha value is -1.33. The van der Waals surface area contributed by atoms with Crippen molar-refractivity contribution in [3.63, 3.8) is 0 Å². The SMILES string of the molecule is Cc1ccc(NC(=S)N[C@@H]2C[C@H](C)OC2=O)cc1Cl. The molecule has 0 unspecified atom stereocenters. The van der Waals surface area contributed by atoms with Crippen LogP contribution in [0.1, 0.15) is 18.9 Å². The van der Waals surface area contributed by atoms with Gasteiger partial charge in [-0.15, -0.1) is 0 Å². The molecule has 1 saturated heterocycles. The molecule has 0 bridgehead atoms. The number of thiocarbonyl (C=S) groups is 1. The second kappa shape index (κ2) is 5.75. The number of hydrogen-bond donors (Lipinski definition) is 2. The minimum atomic E-state index is -0.379. The topological polar surface area (TPSA) is 50.4 Å². The first-order valence-electron chi connectivity index (χ1n) is 6.00. The van der Waals surface area contributed by atoms with E-state index in [-0.39, 0.29) is 18.1 Å². The van der Waals surface area contributed by atoms with Crippen molar-refractivity contribution in [2.45, 2.75) is 32.4 Å². The maximum absolute atomic E-state index is 11.5. The molecule has 0 aromatic heterocycles. The number of cyclic esters (lactones) is 1. The molecule has 1 aliphatic rings. The van der Waals surface area contributed by atoms with Gasteiger partial charge in [0.1, 0.15) is 12.1 Å². The quantitative estimate of drug-likeness (QED) is 0.649. The number of carbonyl (C=O) groups excluding carboxylic acids is 1. The summed E-state index contributed by atoms with van der Waals surface area (Å²) in [6.45, 7) is 3.79. The van der Waals surface area contributed by atoms with E-state index < -0.39 is 0 Å². The number of nitrogens with one attached hydrogen (secondary N) is 2. The van der Waals surface area contributed by atoms with Gasteiger partial charge >= 0.3 is 5.97 Å². The Kier molecular flexibility index (Phi) is 4.27. The average Bonchev–Trinajstić information content (AvgIpc) is 2.62. The van der Waals surface area contributed by atoms with Gasteiger partial charge in [0.05, 0.1) is 0 Å². The molecular formula is C13H15ClN2O2S. The highest BCUT2D eigenvalue weighted by atomic mass is 35.5. The van der Waals surface area contributed by atoms with E-state index in [1.165, 1.54) is 0 Å². The summed E-state index contributed by atoms with van der Waals surface area (Å²) in [5.74, 6) is -0.265. The van der Waals surface area contributed by atoms with Crippen molar-refractivity contribution in [2.75, 3.05) is 5.32 Å². The monoisotopic (exact) mass is 298 g/mol. The van der Waals surface area contributed by atoms with Crippen molar-refractivity contribution in [1.82, 2.24) is 5.32 Å². The van der Waals surface area contributed by atoms with E-state index in [2.05, 4.69) is 10.6 Å². The molecule has 2 atom stereocenters. The standard InChI is InChI=1S/C13H15ClN2O2S/c1-7-3-4-9(6-10(7)14)15-13(19)16-11-5-8(2)18-12(11)17/h3-4,6,8,11H,5H2,1-2H3,(H2,15,16,19)/t8-,11+/m0/s1. The molecule has 0 spiro atoms. The molecule has 0 amide bonds. The van der Waals surface area contributed by atoms with Gasteiger partial charge in [-0.3, -0.25) is 0 Å². The van der Waals surface area contributed by atoms with E-state index in [1.807, 2.05) is 26.0 Å². The van der Waals surface area contributed by atoms with E-state index in [0.717, 1.165) is 11.3 Å². The summed E-state index contributed by atoms with van der Waals surface area (Å²) in [7, 11) is 0. The fraction of sp³-hybridized carbons (Fsp3) is 0.385. The number of halogens is 1. The second-order valence-electron chi connectivity index (χ2n) is 4.60. The van der Waals surface area contributed by atoms with Crippen LogP contribution in [0, 0.1) is 6.92 Å². The molecule has 102 valence electrons. The summed E-state index contributed by atoms with van der Waals surface area (Å²) in [6, 6.07) is 5.20. The van der Waals surface area contributed by atoms with Crippen molar-refractivity contribution in [3.8, 4) is 0 Å². The Morgan fingerprint density at radius 1 is 1.53 bits per heavy atom. The van der Waals surface area contributed by atoms with Crippen LogP contribution in [0.3, 0.4) is 0 Å². The summed E-state index contributed by atoms with van der Waals surface area (Å²) >= 11 is 11.2. The van der Waals surface area contributed by atoms with Gasteiger partial charge in [-0.05, 0) is 43.8 Å². The highest BCUT2D eigenvalue weighted by Gasteiger charge is 2.32. The summed E-state index contributed by atoms with van der Waals surface area (Å²) in [6.07, 6.45) is 0.552. The third-order valence-corrected chi connectivity index (χ3v) is 3.53. The van der Waals surface area contributed by atoms with Crippen molar-refractivity contribution in [2.24, 2.45) is 0 Å². The minimum Gasteiger partial charge on any atom is -0.461 e. The van der Waals surface area contributed by atoms with Crippen LogP contribution in [0.25, 0.3) is 0 Å². The molecule has 1 aromatic carbocycles. The van der Waals surface area contributed by atoms with E-state index in [4.69, 9.17) is 28.6 Å². The normalized spacial score (nSPS) is 21.9. The minimum absolute atomic E-state index is 0.0679. The zero-order valence-corrected chi connectivity index (χ0v) is 12.3. The van der Waals surface area contributed by atoms with Gasteiger partial charge in [0.15, 0.2) is 5.11 Å². The zero-order chi connectivity index (χ0) is 14.0. The smallest absolute Gasteiger partial charge is 0.329 e. The Morgan fingerprint density at radius 3 is 2.84 bits per heavy atom. The van der Waals surface area contributed by atoms with Crippen LogP contribution in [0.15, 0.2) is 18.2 Å². The number of esters is 1. The molecule has 19 heavy (non-hydrogen) atoms. The molecule has 1 aliphatic heterocycles. The highest BCUT2D eigenvalue weighted by molar-refractivity contribution is 7.80. The van der Waals surface area contributed by atoms with Crippen LogP contribution in [-0.4, -0.2) is 23.2 Å². The van der Waals surface area contributed by atoms with Gasteiger partial charge in [-0.2, -0.15) is 0 Å². The van der Waals surface area contributed by atoms with Crippen molar-refractivity contribution in [1.29, 1.82) is 0 Å². The number of benzene rings is 1. The maximum Gasteiger partial charge on any atom is 0.329 e. The Labute approximate surface area is 122 Å². The number of hydrogen-bond acceptors (Lipinski definition) is 3. The van der Waals surface area contributed by atoms with Gasteiger partial charge in [-0.25, -0.2) is 4.79 Å². The Morgan fingerprint density at radius 2 is 2.26 bits per heavy atom. The van der Waals surface area contributed by atoms with Crippen molar-refractivity contribution >= 4 is 40.6 Å². The molecule has 1 heterocycles. The summed E-state index contributed by atoms with van der Waals surface area (Å²) in [4.78, 5) is 11.5. The van der Waals surface area contributed by atoms with Crippen LogP contribution in [0.5, 0.6) is 0 Å². The molecule has 2 rings (SSSR count). The first-order chi connectivity index (χ1) is 8.95. The highest BCUT2D eigenvalue weighted by Crippen LogP contribution is 2.20. The first kappa shape index (κ1) is 14.1. The molecule has 0 radical (unpaired) electrons. The molecular weight excluding hydrogens is 284 g/mol. The lowest BCUT2D eigenvalue weighted by Crippen LogP contribution is -2.40. The first-order valence-corrected chi connectivity index (χ1v) is 6.78. The van der Waals surface area contributed by atoms with Crippen LogP contribution < -0.4 is 10.6 Å². The molecule has 2 N–H and O–H groups in total. The lowest BCUT2D eigenvalue weighted by Gasteiger charge is -2.13. The summed E-state index contributed by atoms with van der Waals surface area (Å²) < 4.78 is 5.05. The van der Waals surface area contributed by atoms with Crippen LogP contribution >= 0.6 is 23.8 Å². The average molecular weight is 299 g/mol. The van der Waals surface area contributed by atoms with Gasteiger partial charge < -0.3 is 15.4 Å². The van der Waals surface area contributed by atoms with E-state index >= 15 is 0 Å². The summed E-state index contributed by atoms with van der Waals surface area (Å²) in [5, 5.41) is 7.00. The number of aryl methyl sites for hydroxylation is 1. The molecule has 4 nitrogen and oxygen atoms in total. The van der Waals surface area contributed by atoms with Gasteiger partial charge in [-0.1, -0.05) is 17.7 Å². The number of anilines is 1. The number of rotatable bonds is 2. The summed E-state index contributed by atoms with van der Waals surface area (Å²) in [5.41, 5.74) is 1.78. The third kappa shape index (κ3) is 3.58. The molecule has 1 fully saturated rings. The molecule has 0 aliphatic carbocycles. The number of carbonyl (C=O) groups is 1. The van der Waals surface area contributed by atoms with Crippen molar-refractivity contribution < 1.29 is 9.53 Å². The lowest BCUT2D eigenvalue weighted by molar-refractivity contribution is -0.142. The van der Waals surface area contributed by atoms with Gasteiger partial charge in [0, 0.05) is 17.1 Å². The number of ether oxygens (including phenoxy) is 1. The molecule has 1 aromatic rings. The Bertz CT molecular complexity index is 521. The predicted octanol–water partition coefficient (Wildman–Crippen LogP) is 2.64. The maximum atomic E-state index is 11.5. The predicted molar refractivity (Wildman–Crippen MR) is 79.5 cm³/mol.